The molecule has 0 aliphatic rings. The summed E-state index contributed by atoms with van der Waals surface area (Å²) in [6.45, 7) is 7.29. The highest BCUT2D eigenvalue weighted by Crippen LogP contribution is 2.26. The van der Waals surface area contributed by atoms with Crippen molar-refractivity contribution in [3.8, 4) is 0 Å². The number of nitrogens with one attached hydrogen (secondary N) is 2. The van der Waals surface area contributed by atoms with Crippen LogP contribution in [0.15, 0.2) is 72.8 Å². The zero-order valence-electron chi connectivity index (χ0n) is 22.9. The summed E-state index contributed by atoms with van der Waals surface area (Å²) in [6, 6.07) is 16.7. The first-order chi connectivity index (χ1) is 18.8. The minimum absolute atomic E-state index is 0.0613. The number of rotatable bonds is 10. The molecule has 0 aliphatic carbocycles. The lowest BCUT2D eigenvalue weighted by Crippen LogP contribution is -2.50. The zero-order valence-corrected chi connectivity index (χ0v) is 23.7. The van der Waals surface area contributed by atoms with Crippen LogP contribution in [-0.2, 0) is 31.7 Å². The van der Waals surface area contributed by atoms with Gasteiger partial charge in [-0.05, 0) is 75.2 Å². The van der Waals surface area contributed by atoms with Crippen molar-refractivity contribution in [2.45, 2.75) is 45.8 Å². The highest BCUT2D eigenvalue weighted by atomic mass is 32.2. The van der Waals surface area contributed by atoms with Gasteiger partial charge in [-0.3, -0.25) is 18.6 Å². The number of benzene rings is 3. The van der Waals surface area contributed by atoms with Gasteiger partial charge in [-0.25, -0.2) is 8.78 Å². The van der Waals surface area contributed by atoms with Gasteiger partial charge >= 0.3 is 0 Å². The molecule has 7 nitrogen and oxygen atoms in total. The Morgan fingerprint density at radius 3 is 1.95 bits per heavy atom. The minimum atomic E-state index is -1.92. The van der Waals surface area contributed by atoms with E-state index in [1.807, 2.05) is 39.8 Å². The Balaban J connectivity index is 1.88. The van der Waals surface area contributed by atoms with Crippen molar-refractivity contribution in [1.82, 2.24) is 10.2 Å². The van der Waals surface area contributed by atoms with Crippen LogP contribution in [-0.4, -0.2) is 43.9 Å². The molecule has 0 radical (unpaired) electrons. The molecular formula is C30H33F2N3O4S. The van der Waals surface area contributed by atoms with E-state index < -0.39 is 63.2 Å². The Bertz CT molecular complexity index is 1360. The lowest BCUT2D eigenvalue weighted by molar-refractivity contribution is -0.140. The summed E-state index contributed by atoms with van der Waals surface area (Å²) >= 11 is 0. The minimum Gasteiger partial charge on any atom is -0.349 e. The summed E-state index contributed by atoms with van der Waals surface area (Å²) in [5.41, 5.74) is 1.79. The number of carbonyl (C=O) groups is 3. The topological polar surface area (TPSA) is 95.6 Å². The number of hydrogen-bond donors (Lipinski definition) is 2. The first-order valence-electron chi connectivity index (χ1n) is 12.6. The standard InChI is InChI=1S/C30H33F2N3O4S/c1-20-5-9-22(10-6-20)28(29(38)34-30(2,3)4)35(17-21-7-11-23(31)12-8-21)27(37)19-40(39)18-26(36)33-25-15-13-24(32)14-16-25/h5-16,28H,17-19H2,1-4H3,(H,33,36)(H,34,38). The normalized spacial score (nSPS) is 12.8. The number of aryl methyl sites for hydroxylation is 1. The molecule has 0 bridgehead atoms. The number of hydrogen-bond acceptors (Lipinski definition) is 4. The van der Waals surface area contributed by atoms with E-state index in [1.165, 1.54) is 53.4 Å². The van der Waals surface area contributed by atoms with Crippen LogP contribution in [0, 0.1) is 18.6 Å². The molecule has 10 heteroatoms. The van der Waals surface area contributed by atoms with Gasteiger partial charge in [-0.2, -0.15) is 0 Å². The van der Waals surface area contributed by atoms with Gasteiger partial charge in [0.15, 0.2) is 0 Å². The van der Waals surface area contributed by atoms with E-state index in [2.05, 4.69) is 10.6 Å². The fourth-order valence-corrected chi connectivity index (χ4v) is 4.83. The molecule has 3 aromatic carbocycles. The van der Waals surface area contributed by atoms with Gasteiger partial charge in [0.2, 0.25) is 17.7 Å². The molecule has 0 saturated heterocycles. The molecule has 40 heavy (non-hydrogen) atoms. The molecule has 0 spiro atoms. The third kappa shape index (κ3) is 9.37. The van der Waals surface area contributed by atoms with Crippen molar-refractivity contribution >= 4 is 34.2 Å². The van der Waals surface area contributed by atoms with Crippen LogP contribution in [0.5, 0.6) is 0 Å². The van der Waals surface area contributed by atoms with Crippen molar-refractivity contribution in [2.24, 2.45) is 0 Å². The van der Waals surface area contributed by atoms with Crippen molar-refractivity contribution in [2.75, 3.05) is 16.8 Å². The second-order valence-corrected chi connectivity index (χ2v) is 11.9. The summed E-state index contributed by atoms with van der Waals surface area (Å²) in [7, 11) is -1.92. The zero-order chi connectivity index (χ0) is 29.4. The molecule has 2 N–H and O–H groups in total. The van der Waals surface area contributed by atoms with Crippen molar-refractivity contribution in [3.63, 3.8) is 0 Å². The van der Waals surface area contributed by atoms with Crippen LogP contribution in [0.25, 0.3) is 0 Å². The summed E-state index contributed by atoms with van der Waals surface area (Å²) in [6.07, 6.45) is 0. The Labute approximate surface area is 235 Å². The number of halogens is 2. The monoisotopic (exact) mass is 569 g/mol. The van der Waals surface area contributed by atoms with Gasteiger partial charge in [0.25, 0.3) is 0 Å². The molecule has 3 rings (SSSR count). The lowest BCUT2D eigenvalue weighted by atomic mass is 10.00. The van der Waals surface area contributed by atoms with E-state index in [1.54, 1.807) is 12.1 Å². The lowest BCUT2D eigenvalue weighted by Gasteiger charge is -2.34. The van der Waals surface area contributed by atoms with Gasteiger partial charge in [0.1, 0.15) is 29.2 Å². The van der Waals surface area contributed by atoms with E-state index in [-0.39, 0.29) is 6.54 Å². The predicted molar refractivity (Wildman–Crippen MR) is 152 cm³/mol. The molecule has 2 unspecified atom stereocenters. The quantitative estimate of drug-likeness (QED) is 0.372. The van der Waals surface area contributed by atoms with E-state index >= 15 is 0 Å². The Hall–Kier alpha value is -3.92. The van der Waals surface area contributed by atoms with Crippen LogP contribution < -0.4 is 10.6 Å². The molecule has 212 valence electrons. The largest absolute Gasteiger partial charge is 0.349 e. The average Bonchev–Trinajstić information content (AvgIpc) is 2.86. The summed E-state index contributed by atoms with van der Waals surface area (Å²) in [5, 5.41) is 5.44. The fourth-order valence-electron chi connectivity index (χ4n) is 3.92. The first kappa shape index (κ1) is 30.6. The molecule has 0 saturated carbocycles. The van der Waals surface area contributed by atoms with Gasteiger partial charge in [0, 0.05) is 28.6 Å². The predicted octanol–water partition coefficient (Wildman–Crippen LogP) is 4.65. The molecular weight excluding hydrogens is 536 g/mol. The fraction of sp³-hybridized carbons (Fsp3) is 0.300. The highest BCUT2D eigenvalue weighted by molar-refractivity contribution is 7.86. The van der Waals surface area contributed by atoms with E-state index in [0.717, 1.165) is 5.56 Å². The average molecular weight is 570 g/mol. The molecule has 0 aromatic heterocycles. The van der Waals surface area contributed by atoms with Gasteiger partial charge in [-0.15, -0.1) is 0 Å². The van der Waals surface area contributed by atoms with Gasteiger partial charge in [-0.1, -0.05) is 42.0 Å². The smallest absolute Gasteiger partial charge is 0.247 e. The Kier molecular flexibility index (Phi) is 10.3. The van der Waals surface area contributed by atoms with Crippen LogP contribution >= 0.6 is 0 Å². The molecule has 2 atom stereocenters. The number of amides is 3. The van der Waals surface area contributed by atoms with Crippen molar-refractivity contribution in [3.05, 3.63) is 101 Å². The number of nitrogens with zero attached hydrogens (tertiary/aromatic N) is 1. The summed E-state index contributed by atoms with van der Waals surface area (Å²) < 4.78 is 39.6. The van der Waals surface area contributed by atoms with Crippen LogP contribution in [0.3, 0.4) is 0 Å². The van der Waals surface area contributed by atoms with Crippen LogP contribution in [0.1, 0.15) is 43.5 Å². The van der Waals surface area contributed by atoms with E-state index in [0.29, 0.717) is 16.8 Å². The summed E-state index contributed by atoms with van der Waals surface area (Å²) in [4.78, 5) is 41.0. The molecule has 3 aromatic rings. The Morgan fingerprint density at radius 1 is 0.850 bits per heavy atom. The maximum atomic E-state index is 13.7. The van der Waals surface area contributed by atoms with E-state index in [9.17, 15) is 27.4 Å². The third-order valence-electron chi connectivity index (χ3n) is 5.74. The SMILES string of the molecule is Cc1ccc(C(C(=O)NC(C)(C)C)N(Cc2ccc(F)cc2)C(=O)CS(=O)CC(=O)Nc2ccc(F)cc2)cc1. The summed E-state index contributed by atoms with van der Waals surface area (Å²) in [5.74, 6) is -3.58. The maximum absolute atomic E-state index is 13.7. The maximum Gasteiger partial charge on any atom is 0.247 e. The van der Waals surface area contributed by atoms with Crippen LogP contribution in [0.4, 0.5) is 14.5 Å². The Morgan fingerprint density at radius 2 is 1.40 bits per heavy atom. The molecule has 0 heterocycles. The number of anilines is 1. The van der Waals surface area contributed by atoms with Crippen LogP contribution in [0.2, 0.25) is 0 Å². The van der Waals surface area contributed by atoms with Crippen molar-refractivity contribution in [1.29, 1.82) is 0 Å². The second-order valence-electron chi connectivity index (χ2n) is 10.5. The molecule has 0 aliphatic heterocycles. The molecule has 0 fully saturated rings. The van der Waals surface area contributed by atoms with Gasteiger partial charge in [0.05, 0.1) is 0 Å². The second kappa shape index (κ2) is 13.4. The first-order valence-corrected chi connectivity index (χ1v) is 14.1. The van der Waals surface area contributed by atoms with Gasteiger partial charge < -0.3 is 15.5 Å². The third-order valence-corrected chi connectivity index (χ3v) is 6.90. The number of carbonyl (C=O) groups excluding carboxylic acids is 3. The van der Waals surface area contributed by atoms with E-state index in [4.69, 9.17) is 0 Å². The highest BCUT2D eigenvalue weighted by Gasteiger charge is 2.34. The van der Waals surface area contributed by atoms with Crippen molar-refractivity contribution < 1.29 is 27.4 Å². The molecule has 3 amide bonds.